The van der Waals surface area contributed by atoms with Gasteiger partial charge in [-0.05, 0) is 24.5 Å². The lowest BCUT2D eigenvalue weighted by Gasteiger charge is -2.09. The first-order valence-electron chi connectivity index (χ1n) is 5.39. The second-order valence-electron chi connectivity index (χ2n) is 3.76. The molecule has 5 nitrogen and oxygen atoms in total. The van der Waals surface area contributed by atoms with Gasteiger partial charge in [-0.25, -0.2) is 0 Å². The lowest BCUT2D eigenvalue weighted by Crippen LogP contribution is -1.98. The summed E-state index contributed by atoms with van der Waals surface area (Å²) in [4.78, 5) is 10.5. The fraction of sp³-hybridized carbons (Fsp3) is 0.417. The van der Waals surface area contributed by atoms with Gasteiger partial charge in [0.25, 0.3) is 0 Å². The average Bonchev–Trinajstić information content (AvgIpc) is 2.74. The van der Waals surface area contributed by atoms with E-state index in [1.807, 2.05) is 6.07 Å². The van der Waals surface area contributed by atoms with E-state index in [1.165, 1.54) is 0 Å². The van der Waals surface area contributed by atoms with Gasteiger partial charge < -0.3 is 19.3 Å². The zero-order valence-electron chi connectivity index (χ0n) is 9.56. The first kappa shape index (κ1) is 11.6. The molecule has 5 heteroatoms. The largest absolute Gasteiger partial charge is 0.496 e. The lowest BCUT2D eigenvalue weighted by molar-refractivity contribution is -0.137. The summed E-state index contributed by atoms with van der Waals surface area (Å²) in [5, 5.41) is 8.60. The van der Waals surface area contributed by atoms with Crippen molar-refractivity contribution >= 4 is 5.97 Å². The summed E-state index contributed by atoms with van der Waals surface area (Å²) in [7, 11) is 1.58. The Labute approximate surface area is 98.9 Å². The van der Waals surface area contributed by atoms with Gasteiger partial charge in [0.05, 0.1) is 7.11 Å². The van der Waals surface area contributed by atoms with Crippen LogP contribution in [0.4, 0.5) is 0 Å². The Morgan fingerprint density at radius 3 is 2.76 bits per heavy atom. The summed E-state index contributed by atoms with van der Waals surface area (Å²) in [6.45, 7) is 0.219. The summed E-state index contributed by atoms with van der Waals surface area (Å²) in [5.41, 5.74) is 0.943. The minimum Gasteiger partial charge on any atom is -0.496 e. The highest BCUT2D eigenvalue weighted by Crippen LogP contribution is 2.38. The van der Waals surface area contributed by atoms with Crippen LogP contribution in [0.25, 0.3) is 0 Å². The molecule has 0 radical (unpaired) electrons. The molecule has 0 amide bonds. The van der Waals surface area contributed by atoms with Gasteiger partial charge in [-0.15, -0.1) is 0 Å². The van der Waals surface area contributed by atoms with Crippen molar-refractivity contribution in [2.75, 3.05) is 13.9 Å². The molecular weight excluding hydrogens is 224 g/mol. The van der Waals surface area contributed by atoms with Gasteiger partial charge >= 0.3 is 5.97 Å². The molecule has 0 bridgehead atoms. The van der Waals surface area contributed by atoms with Crippen molar-refractivity contribution in [1.82, 2.24) is 0 Å². The molecule has 0 unspecified atom stereocenters. The van der Waals surface area contributed by atoms with Gasteiger partial charge in [0, 0.05) is 12.5 Å². The van der Waals surface area contributed by atoms with Crippen LogP contribution in [0, 0.1) is 0 Å². The number of carbonyl (C=O) groups is 1. The predicted molar refractivity (Wildman–Crippen MR) is 59.7 cm³/mol. The topological polar surface area (TPSA) is 65.0 Å². The van der Waals surface area contributed by atoms with E-state index in [9.17, 15) is 4.79 Å². The molecule has 1 aliphatic rings. The zero-order chi connectivity index (χ0) is 12.3. The molecule has 1 aromatic carbocycles. The quantitative estimate of drug-likeness (QED) is 0.847. The monoisotopic (exact) mass is 238 g/mol. The highest BCUT2D eigenvalue weighted by atomic mass is 16.7. The van der Waals surface area contributed by atoms with Gasteiger partial charge in [-0.1, -0.05) is 0 Å². The van der Waals surface area contributed by atoms with Crippen molar-refractivity contribution in [3.8, 4) is 17.2 Å². The van der Waals surface area contributed by atoms with Gasteiger partial charge in [-0.2, -0.15) is 0 Å². The summed E-state index contributed by atoms with van der Waals surface area (Å²) >= 11 is 0. The van der Waals surface area contributed by atoms with Crippen LogP contribution in [0.2, 0.25) is 0 Å². The maximum atomic E-state index is 10.5. The standard InChI is InChI=1S/C12H14O5/c1-15-9-6-11-10(16-7-17-11)5-8(9)3-2-4-12(13)14/h5-6H,2-4,7H2,1H3,(H,13,14). The number of hydrogen-bond acceptors (Lipinski definition) is 4. The van der Waals surface area contributed by atoms with Gasteiger partial charge in [-0.3, -0.25) is 4.79 Å². The van der Waals surface area contributed by atoms with Gasteiger partial charge in [0.1, 0.15) is 5.75 Å². The number of fused-ring (bicyclic) bond motifs is 1. The van der Waals surface area contributed by atoms with Crippen LogP contribution in [0.1, 0.15) is 18.4 Å². The smallest absolute Gasteiger partial charge is 0.303 e. The molecule has 0 aromatic heterocycles. The van der Waals surface area contributed by atoms with Gasteiger partial charge in [0.2, 0.25) is 6.79 Å². The first-order chi connectivity index (χ1) is 8.20. The Morgan fingerprint density at radius 2 is 2.12 bits per heavy atom. The summed E-state index contributed by atoms with van der Waals surface area (Å²) < 4.78 is 15.8. The fourth-order valence-corrected chi connectivity index (χ4v) is 1.78. The molecule has 0 saturated heterocycles. The maximum Gasteiger partial charge on any atom is 0.303 e. The molecule has 0 aliphatic carbocycles. The normalized spacial score (nSPS) is 12.5. The molecule has 2 rings (SSSR count). The average molecular weight is 238 g/mol. The van der Waals surface area contributed by atoms with Crippen molar-refractivity contribution in [2.45, 2.75) is 19.3 Å². The van der Waals surface area contributed by atoms with Crippen LogP contribution in [0.15, 0.2) is 12.1 Å². The second kappa shape index (κ2) is 4.95. The third kappa shape index (κ3) is 2.61. The lowest BCUT2D eigenvalue weighted by atomic mass is 10.1. The molecular formula is C12H14O5. The maximum absolute atomic E-state index is 10.5. The van der Waals surface area contributed by atoms with Crippen LogP contribution in [-0.4, -0.2) is 25.0 Å². The minimum atomic E-state index is -0.787. The van der Waals surface area contributed by atoms with Crippen molar-refractivity contribution in [3.63, 3.8) is 0 Å². The molecule has 0 saturated carbocycles. The Hall–Kier alpha value is -1.91. The second-order valence-corrected chi connectivity index (χ2v) is 3.76. The predicted octanol–water partition coefficient (Wildman–Crippen LogP) is 1.83. The van der Waals surface area contributed by atoms with Crippen LogP contribution in [0.5, 0.6) is 17.2 Å². The molecule has 1 N–H and O–H groups in total. The number of rotatable bonds is 5. The minimum absolute atomic E-state index is 0.150. The first-order valence-corrected chi connectivity index (χ1v) is 5.39. The third-order valence-corrected chi connectivity index (χ3v) is 2.61. The van der Waals surface area contributed by atoms with Crippen LogP contribution in [0.3, 0.4) is 0 Å². The molecule has 0 spiro atoms. The molecule has 1 aliphatic heterocycles. The van der Waals surface area contributed by atoms with E-state index in [1.54, 1.807) is 13.2 Å². The Balaban J connectivity index is 2.12. The van der Waals surface area contributed by atoms with E-state index >= 15 is 0 Å². The fourth-order valence-electron chi connectivity index (χ4n) is 1.78. The number of benzene rings is 1. The zero-order valence-corrected chi connectivity index (χ0v) is 9.56. The van der Waals surface area contributed by atoms with Crippen LogP contribution in [-0.2, 0) is 11.2 Å². The van der Waals surface area contributed by atoms with E-state index in [0.717, 1.165) is 5.56 Å². The Morgan fingerprint density at radius 1 is 1.41 bits per heavy atom. The van der Waals surface area contributed by atoms with Crippen molar-refractivity contribution in [2.24, 2.45) is 0 Å². The third-order valence-electron chi connectivity index (χ3n) is 2.61. The Bertz CT molecular complexity index is 427. The number of aliphatic carboxylic acids is 1. The summed E-state index contributed by atoms with van der Waals surface area (Å²) in [6, 6.07) is 3.63. The van der Waals surface area contributed by atoms with E-state index in [-0.39, 0.29) is 13.2 Å². The molecule has 0 atom stereocenters. The summed E-state index contributed by atoms with van der Waals surface area (Å²) in [5.74, 6) is 1.28. The van der Waals surface area contributed by atoms with E-state index in [4.69, 9.17) is 19.3 Å². The van der Waals surface area contributed by atoms with Crippen molar-refractivity contribution < 1.29 is 24.1 Å². The molecule has 1 aromatic rings. The number of carboxylic acids is 1. The highest BCUT2D eigenvalue weighted by molar-refractivity contribution is 5.66. The number of methoxy groups -OCH3 is 1. The number of carboxylic acid groups (broad SMARTS) is 1. The van der Waals surface area contributed by atoms with E-state index < -0.39 is 5.97 Å². The van der Waals surface area contributed by atoms with E-state index in [2.05, 4.69) is 0 Å². The van der Waals surface area contributed by atoms with Crippen molar-refractivity contribution in [1.29, 1.82) is 0 Å². The number of aryl methyl sites for hydroxylation is 1. The van der Waals surface area contributed by atoms with Gasteiger partial charge in [0.15, 0.2) is 11.5 Å². The Kier molecular flexibility index (Phi) is 3.37. The highest BCUT2D eigenvalue weighted by Gasteiger charge is 2.17. The molecule has 0 fully saturated rings. The summed E-state index contributed by atoms with van der Waals surface area (Å²) in [6.07, 6.45) is 1.37. The molecule has 17 heavy (non-hydrogen) atoms. The van der Waals surface area contributed by atoms with Crippen LogP contribution < -0.4 is 14.2 Å². The van der Waals surface area contributed by atoms with Crippen molar-refractivity contribution in [3.05, 3.63) is 17.7 Å². The molecule has 92 valence electrons. The van der Waals surface area contributed by atoms with Crippen LogP contribution >= 0.6 is 0 Å². The SMILES string of the molecule is COc1cc2c(cc1CCCC(=O)O)OCO2. The van der Waals surface area contributed by atoms with E-state index in [0.29, 0.717) is 30.1 Å². The number of ether oxygens (including phenoxy) is 3. The number of hydrogen-bond donors (Lipinski definition) is 1. The molecule has 1 heterocycles.